The second-order valence-electron chi connectivity index (χ2n) is 5.91. The lowest BCUT2D eigenvalue weighted by atomic mass is 10.0. The Kier molecular flexibility index (Phi) is 4.49. The fourth-order valence-corrected chi connectivity index (χ4v) is 3.73. The van der Waals surface area contributed by atoms with Gasteiger partial charge in [0.25, 0.3) is 0 Å². The van der Waals surface area contributed by atoms with Crippen molar-refractivity contribution in [3.05, 3.63) is 98.5 Å². The van der Waals surface area contributed by atoms with Gasteiger partial charge in [-0.25, -0.2) is 0 Å². The molecule has 0 saturated carbocycles. The number of fused-ring (bicyclic) bond motifs is 1. The van der Waals surface area contributed by atoms with Gasteiger partial charge in [-0.05, 0) is 35.9 Å². The Balaban J connectivity index is 1.89. The van der Waals surface area contributed by atoms with E-state index in [2.05, 4.69) is 5.32 Å². The van der Waals surface area contributed by atoms with Crippen LogP contribution in [-0.2, 0) is 0 Å². The molecular weight excluding hydrogens is 389 g/mol. The third-order valence-corrected chi connectivity index (χ3v) is 4.87. The third-order valence-electron chi connectivity index (χ3n) is 4.18. The second-order valence-corrected chi connectivity index (χ2v) is 7.22. The average Bonchev–Trinajstić information content (AvgIpc) is 2.88. The largest absolute Gasteiger partial charge is 0.354 e. The molecule has 0 heterocycles. The molecule has 0 saturated heterocycles. The number of anilines is 1. The second kappa shape index (κ2) is 6.81. The van der Waals surface area contributed by atoms with Crippen LogP contribution in [0, 0.1) is 0 Å². The number of hydrogen-bond donors (Lipinski definition) is 1. The van der Waals surface area contributed by atoms with Gasteiger partial charge in [-0.15, -0.1) is 0 Å². The van der Waals surface area contributed by atoms with E-state index in [1.54, 1.807) is 30.3 Å². The van der Waals surface area contributed by atoms with Crippen LogP contribution < -0.4 is 5.32 Å². The van der Waals surface area contributed by atoms with E-state index in [-0.39, 0.29) is 5.78 Å². The Morgan fingerprint density at radius 2 is 1.31 bits per heavy atom. The number of ketones is 1. The number of benzene rings is 3. The predicted octanol–water partition coefficient (Wildman–Crippen LogP) is 6.82. The predicted molar refractivity (Wildman–Crippen MR) is 109 cm³/mol. The molecule has 0 radical (unpaired) electrons. The van der Waals surface area contributed by atoms with Crippen LogP contribution in [0.5, 0.6) is 0 Å². The number of halogens is 3. The van der Waals surface area contributed by atoms with Crippen molar-refractivity contribution >= 4 is 57.5 Å². The Morgan fingerprint density at radius 1 is 0.692 bits per heavy atom. The van der Waals surface area contributed by atoms with Crippen LogP contribution >= 0.6 is 34.8 Å². The van der Waals surface area contributed by atoms with Crippen molar-refractivity contribution < 1.29 is 4.79 Å². The Labute approximate surface area is 166 Å². The molecular formula is C21H12Cl3NO. The highest BCUT2D eigenvalue weighted by Crippen LogP contribution is 2.39. The molecule has 0 spiro atoms. The number of allylic oxidation sites excluding steroid dienone is 1. The van der Waals surface area contributed by atoms with E-state index < -0.39 is 0 Å². The molecule has 3 aromatic carbocycles. The lowest BCUT2D eigenvalue weighted by molar-refractivity contribution is 0.105. The fraction of sp³-hybridized carbons (Fsp3) is 0. The van der Waals surface area contributed by atoms with Crippen molar-refractivity contribution in [2.24, 2.45) is 0 Å². The highest BCUT2D eigenvalue weighted by molar-refractivity contribution is 6.41. The van der Waals surface area contributed by atoms with Gasteiger partial charge in [-0.1, -0.05) is 71.2 Å². The maximum atomic E-state index is 13.0. The quantitative estimate of drug-likeness (QED) is 0.522. The molecule has 2 nitrogen and oxygen atoms in total. The first-order chi connectivity index (χ1) is 12.5. The van der Waals surface area contributed by atoms with Crippen LogP contribution in [0.1, 0.15) is 21.5 Å². The van der Waals surface area contributed by atoms with Gasteiger partial charge in [0.1, 0.15) is 0 Å². The van der Waals surface area contributed by atoms with Crippen molar-refractivity contribution in [1.29, 1.82) is 0 Å². The van der Waals surface area contributed by atoms with Crippen molar-refractivity contribution in [3.63, 3.8) is 0 Å². The maximum Gasteiger partial charge on any atom is 0.196 e. The summed E-state index contributed by atoms with van der Waals surface area (Å²) in [6.07, 6.45) is 0. The number of carbonyl (C=O) groups excluding carboxylic acids is 1. The number of Topliss-reactive ketones (excluding diaryl/α,β-unsaturated/α-hetero) is 1. The summed E-state index contributed by atoms with van der Waals surface area (Å²) in [7, 11) is 0. The molecule has 4 rings (SSSR count). The van der Waals surface area contributed by atoms with Crippen LogP contribution in [0.2, 0.25) is 15.1 Å². The van der Waals surface area contributed by atoms with E-state index >= 15 is 0 Å². The smallest absolute Gasteiger partial charge is 0.196 e. The van der Waals surface area contributed by atoms with E-state index in [1.807, 2.05) is 36.4 Å². The van der Waals surface area contributed by atoms with E-state index in [0.29, 0.717) is 31.9 Å². The summed E-state index contributed by atoms with van der Waals surface area (Å²) in [6.45, 7) is 0. The van der Waals surface area contributed by atoms with E-state index in [1.165, 1.54) is 0 Å². The molecule has 0 aliphatic heterocycles. The first kappa shape index (κ1) is 17.2. The van der Waals surface area contributed by atoms with Crippen molar-refractivity contribution in [2.45, 2.75) is 0 Å². The van der Waals surface area contributed by atoms with Crippen LogP contribution in [0.25, 0.3) is 11.3 Å². The van der Waals surface area contributed by atoms with Crippen LogP contribution in [0.15, 0.2) is 66.7 Å². The van der Waals surface area contributed by atoms with Gasteiger partial charge in [-0.2, -0.15) is 0 Å². The molecule has 0 bridgehead atoms. The average molecular weight is 401 g/mol. The summed E-state index contributed by atoms with van der Waals surface area (Å²) in [6, 6.07) is 19.9. The van der Waals surface area contributed by atoms with Gasteiger partial charge < -0.3 is 5.32 Å². The molecule has 3 aromatic rings. The lowest BCUT2D eigenvalue weighted by Gasteiger charge is -2.12. The first-order valence-corrected chi connectivity index (χ1v) is 9.04. The molecule has 26 heavy (non-hydrogen) atoms. The van der Waals surface area contributed by atoms with Gasteiger partial charge in [0.05, 0.1) is 11.3 Å². The summed E-state index contributed by atoms with van der Waals surface area (Å²) in [4.78, 5) is 13.0. The topological polar surface area (TPSA) is 29.1 Å². The van der Waals surface area contributed by atoms with E-state index in [4.69, 9.17) is 34.8 Å². The molecule has 1 aliphatic rings. The molecule has 1 N–H and O–H groups in total. The Morgan fingerprint density at radius 3 is 1.96 bits per heavy atom. The van der Waals surface area contributed by atoms with Crippen LogP contribution in [-0.4, -0.2) is 5.78 Å². The molecule has 5 heteroatoms. The van der Waals surface area contributed by atoms with E-state index in [0.717, 1.165) is 16.8 Å². The van der Waals surface area contributed by atoms with Crippen molar-refractivity contribution in [1.82, 2.24) is 0 Å². The minimum atomic E-state index is -0.0291. The van der Waals surface area contributed by atoms with Gasteiger partial charge in [0.15, 0.2) is 5.78 Å². The number of carbonyl (C=O) groups is 1. The fourth-order valence-electron chi connectivity index (χ4n) is 3.07. The van der Waals surface area contributed by atoms with Gasteiger partial charge in [0, 0.05) is 31.9 Å². The molecule has 0 fully saturated rings. The SMILES string of the molecule is O=C1C(c2ccc(Cl)cc2)=C(Nc2cc(Cl)cc(Cl)c2)c2ccccc21. The van der Waals surface area contributed by atoms with Crippen molar-refractivity contribution in [2.75, 3.05) is 5.32 Å². The van der Waals surface area contributed by atoms with Gasteiger partial charge in [0.2, 0.25) is 0 Å². The van der Waals surface area contributed by atoms with Crippen LogP contribution in [0.3, 0.4) is 0 Å². The third kappa shape index (κ3) is 3.12. The van der Waals surface area contributed by atoms with E-state index in [9.17, 15) is 4.79 Å². The number of nitrogens with one attached hydrogen (secondary N) is 1. The monoisotopic (exact) mass is 399 g/mol. The number of rotatable bonds is 3. The number of hydrogen-bond acceptors (Lipinski definition) is 2. The van der Waals surface area contributed by atoms with Crippen molar-refractivity contribution in [3.8, 4) is 0 Å². The molecule has 1 aliphatic carbocycles. The van der Waals surface area contributed by atoms with Gasteiger partial charge in [-0.3, -0.25) is 4.79 Å². The summed E-state index contributed by atoms with van der Waals surface area (Å²) in [5.74, 6) is -0.0291. The molecule has 0 atom stereocenters. The zero-order valence-corrected chi connectivity index (χ0v) is 15.7. The lowest BCUT2D eigenvalue weighted by Crippen LogP contribution is -2.01. The minimum absolute atomic E-state index is 0.0291. The highest BCUT2D eigenvalue weighted by atomic mass is 35.5. The highest BCUT2D eigenvalue weighted by Gasteiger charge is 2.30. The first-order valence-electron chi connectivity index (χ1n) is 7.90. The molecule has 0 unspecified atom stereocenters. The minimum Gasteiger partial charge on any atom is -0.354 e. The Hall–Kier alpha value is -2.26. The summed E-state index contributed by atoms with van der Waals surface area (Å²) >= 11 is 18.2. The Bertz CT molecular complexity index is 1030. The maximum absolute atomic E-state index is 13.0. The summed E-state index contributed by atoms with van der Waals surface area (Å²) < 4.78 is 0. The zero-order chi connectivity index (χ0) is 18.3. The molecule has 128 valence electrons. The zero-order valence-electron chi connectivity index (χ0n) is 13.4. The molecule has 0 aromatic heterocycles. The molecule has 0 amide bonds. The van der Waals surface area contributed by atoms with Crippen LogP contribution in [0.4, 0.5) is 5.69 Å². The van der Waals surface area contributed by atoms with Gasteiger partial charge >= 0.3 is 0 Å². The summed E-state index contributed by atoms with van der Waals surface area (Å²) in [5.41, 5.74) is 4.34. The normalized spacial score (nSPS) is 13.1. The summed E-state index contributed by atoms with van der Waals surface area (Å²) in [5, 5.41) is 4.99. The standard InChI is InChI=1S/C21H12Cl3NO/c22-13-7-5-12(6-8-13)19-20(17-3-1-2-4-18(17)21(19)26)25-16-10-14(23)9-15(24)11-16/h1-11,25H.